The number of hydrogen-bond donors (Lipinski definition) is 2. The quantitative estimate of drug-likeness (QED) is 0.885. The van der Waals surface area contributed by atoms with Crippen molar-refractivity contribution in [2.75, 3.05) is 6.61 Å². The maximum Gasteiger partial charge on any atom is 0.119 e. The molecule has 3 N–H and O–H groups in total. The molecule has 0 atom stereocenters. The van der Waals surface area contributed by atoms with E-state index in [1.807, 2.05) is 25.3 Å². The van der Waals surface area contributed by atoms with Crippen molar-refractivity contribution in [2.24, 2.45) is 5.73 Å². The summed E-state index contributed by atoms with van der Waals surface area (Å²) < 4.78 is 5.44. The lowest BCUT2D eigenvalue weighted by Gasteiger charge is -2.30. The molecular weight excluding hydrogens is 238 g/mol. The fourth-order valence-corrected chi connectivity index (χ4v) is 2.47. The van der Waals surface area contributed by atoms with Gasteiger partial charge in [0.05, 0.1) is 18.5 Å². The molecule has 2 aromatic rings. The predicted octanol–water partition coefficient (Wildman–Crippen LogP) is 2.68. The van der Waals surface area contributed by atoms with Crippen LogP contribution in [0.2, 0.25) is 0 Å². The van der Waals surface area contributed by atoms with E-state index in [1.165, 1.54) is 0 Å². The summed E-state index contributed by atoms with van der Waals surface area (Å²) in [6.45, 7) is 2.67. The van der Waals surface area contributed by atoms with E-state index in [1.54, 1.807) is 0 Å². The molecule has 1 aromatic carbocycles. The van der Waals surface area contributed by atoms with Crippen LogP contribution in [0.4, 0.5) is 0 Å². The molecule has 0 unspecified atom stereocenters. The van der Waals surface area contributed by atoms with Crippen molar-refractivity contribution >= 4 is 0 Å². The number of aromatic amines is 1. The predicted molar refractivity (Wildman–Crippen MR) is 75.1 cm³/mol. The molecule has 100 valence electrons. The van der Waals surface area contributed by atoms with Crippen LogP contribution in [-0.2, 0) is 0 Å². The Morgan fingerprint density at radius 3 is 2.68 bits per heavy atom. The monoisotopic (exact) mass is 257 g/mol. The van der Waals surface area contributed by atoms with E-state index in [9.17, 15) is 0 Å². The van der Waals surface area contributed by atoms with Crippen molar-refractivity contribution in [1.82, 2.24) is 9.97 Å². The molecule has 3 rings (SSSR count). The largest absolute Gasteiger partial charge is 0.494 e. The van der Waals surface area contributed by atoms with Gasteiger partial charge in [0.1, 0.15) is 11.6 Å². The van der Waals surface area contributed by atoms with Crippen molar-refractivity contribution in [3.05, 3.63) is 36.3 Å². The van der Waals surface area contributed by atoms with E-state index < -0.39 is 0 Å². The highest BCUT2D eigenvalue weighted by atomic mass is 16.5. The van der Waals surface area contributed by atoms with Gasteiger partial charge in [-0.1, -0.05) is 0 Å². The third-order valence-corrected chi connectivity index (χ3v) is 3.63. The van der Waals surface area contributed by atoms with E-state index in [0.717, 1.165) is 35.7 Å². The maximum atomic E-state index is 5.81. The zero-order valence-corrected chi connectivity index (χ0v) is 11.1. The Balaban J connectivity index is 1.74. The van der Waals surface area contributed by atoms with Crippen molar-refractivity contribution < 1.29 is 4.74 Å². The molecule has 0 aliphatic heterocycles. The van der Waals surface area contributed by atoms with Gasteiger partial charge in [0.25, 0.3) is 0 Å². The van der Waals surface area contributed by atoms with Gasteiger partial charge in [0, 0.05) is 12.0 Å². The first-order valence-electron chi connectivity index (χ1n) is 6.80. The number of H-pyrrole nitrogens is 1. The first-order chi connectivity index (χ1) is 9.26. The molecule has 1 aliphatic rings. The van der Waals surface area contributed by atoms with Crippen LogP contribution in [0.15, 0.2) is 30.5 Å². The molecule has 0 spiro atoms. The number of aromatic nitrogens is 2. The summed E-state index contributed by atoms with van der Waals surface area (Å²) in [7, 11) is 0. The minimum absolute atomic E-state index is 0.351. The summed E-state index contributed by atoms with van der Waals surface area (Å²) in [6, 6.07) is 8.42. The molecule has 0 amide bonds. The Morgan fingerprint density at radius 1 is 1.32 bits per heavy atom. The summed E-state index contributed by atoms with van der Waals surface area (Å²) in [5.41, 5.74) is 8.00. The Hall–Kier alpha value is -1.81. The van der Waals surface area contributed by atoms with Gasteiger partial charge in [0.15, 0.2) is 0 Å². The molecule has 0 saturated heterocycles. The fraction of sp³-hybridized carbons (Fsp3) is 0.400. The van der Waals surface area contributed by atoms with Gasteiger partial charge in [-0.3, -0.25) is 0 Å². The average Bonchev–Trinajstić information content (AvgIpc) is 2.85. The molecule has 1 aliphatic carbocycles. The average molecular weight is 257 g/mol. The van der Waals surface area contributed by atoms with Gasteiger partial charge >= 0.3 is 0 Å². The zero-order valence-electron chi connectivity index (χ0n) is 11.1. The van der Waals surface area contributed by atoms with Crippen LogP contribution in [0, 0.1) is 0 Å². The summed E-state index contributed by atoms with van der Waals surface area (Å²) in [5.74, 6) is 2.47. The van der Waals surface area contributed by atoms with Crippen molar-refractivity contribution in [2.45, 2.75) is 31.7 Å². The Labute approximate surface area is 113 Å². The minimum Gasteiger partial charge on any atom is -0.494 e. The highest BCUT2D eigenvalue weighted by Gasteiger charge is 2.29. The number of nitrogens with two attached hydrogens (primary N) is 1. The van der Waals surface area contributed by atoms with Gasteiger partial charge in [0.2, 0.25) is 0 Å². The molecular formula is C15H19N3O. The number of imidazole rings is 1. The van der Waals surface area contributed by atoms with E-state index in [2.05, 4.69) is 22.1 Å². The Bertz CT molecular complexity index is 541. The van der Waals surface area contributed by atoms with Crippen molar-refractivity contribution in [1.29, 1.82) is 0 Å². The summed E-state index contributed by atoms with van der Waals surface area (Å²) in [5, 5.41) is 0. The van der Waals surface area contributed by atoms with Crippen LogP contribution in [0.3, 0.4) is 0 Å². The Morgan fingerprint density at radius 2 is 2.05 bits per heavy atom. The lowest BCUT2D eigenvalue weighted by molar-refractivity contribution is 0.340. The van der Waals surface area contributed by atoms with Crippen LogP contribution in [-0.4, -0.2) is 22.6 Å². The second-order valence-electron chi connectivity index (χ2n) is 5.07. The first kappa shape index (κ1) is 12.2. The van der Waals surface area contributed by atoms with Crippen molar-refractivity contribution in [3.8, 4) is 17.0 Å². The highest BCUT2D eigenvalue weighted by Crippen LogP contribution is 2.34. The lowest BCUT2D eigenvalue weighted by atomic mass is 9.80. The third kappa shape index (κ3) is 2.49. The SMILES string of the molecule is CCOc1ccc(-c2cnc(C3CC(N)C3)[nH]2)cc1. The van der Waals surface area contributed by atoms with Crippen molar-refractivity contribution in [3.63, 3.8) is 0 Å². The smallest absolute Gasteiger partial charge is 0.119 e. The van der Waals surface area contributed by atoms with Crippen LogP contribution >= 0.6 is 0 Å². The van der Waals surface area contributed by atoms with Gasteiger partial charge < -0.3 is 15.5 Å². The molecule has 1 saturated carbocycles. The topological polar surface area (TPSA) is 63.9 Å². The highest BCUT2D eigenvalue weighted by molar-refractivity contribution is 5.59. The lowest BCUT2D eigenvalue weighted by Crippen LogP contribution is -2.35. The summed E-state index contributed by atoms with van der Waals surface area (Å²) in [4.78, 5) is 7.86. The van der Waals surface area contributed by atoms with Gasteiger partial charge in [-0.15, -0.1) is 0 Å². The van der Waals surface area contributed by atoms with Gasteiger partial charge in [-0.05, 0) is 49.6 Å². The van der Waals surface area contributed by atoms with Crippen LogP contribution in [0.25, 0.3) is 11.3 Å². The van der Waals surface area contributed by atoms with E-state index in [0.29, 0.717) is 18.6 Å². The fourth-order valence-electron chi connectivity index (χ4n) is 2.47. The first-order valence-corrected chi connectivity index (χ1v) is 6.80. The molecule has 0 bridgehead atoms. The van der Waals surface area contributed by atoms with Gasteiger partial charge in [-0.2, -0.15) is 0 Å². The second kappa shape index (κ2) is 5.05. The number of nitrogens with one attached hydrogen (secondary N) is 1. The number of benzene rings is 1. The molecule has 1 aromatic heterocycles. The zero-order chi connectivity index (χ0) is 13.2. The second-order valence-corrected chi connectivity index (χ2v) is 5.07. The normalized spacial score (nSPS) is 22.0. The number of rotatable bonds is 4. The standard InChI is InChI=1S/C15H19N3O/c1-2-19-13-5-3-10(4-6-13)14-9-17-15(18-14)11-7-12(16)8-11/h3-6,9,11-12H,2,7-8,16H2,1H3,(H,17,18). The summed E-state index contributed by atoms with van der Waals surface area (Å²) in [6.07, 6.45) is 3.97. The molecule has 0 radical (unpaired) electrons. The number of hydrogen-bond acceptors (Lipinski definition) is 3. The third-order valence-electron chi connectivity index (χ3n) is 3.63. The summed E-state index contributed by atoms with van der Waals surface area (Å²) >= 11 is 0. The minimum atomic E-state index is 0.351. The van der Waals surface area contributed by atoms with Crippen LogP contribution in [0.5, 0.6) is 5.75 Å². The Kier molecular flexibility index (Phi) is 3.25. The molecule has 19 heavy (non-hydrogen) atoms. The van der Waals surface area contributed by atoms with Gasteiger partial charge in [-0.25, -0.2) is 4.98 Å². The molecule has 1 fully saturated rings. The molecule has 4 heteroatoms. The number of ether oxygens (including phenoxy) is 1. The maximum absolute atomic E-state index is 5.81. The van der Waals surface area contributed by atoms with E-state index in [4.69, 9.17) is 10.5 Å². The number of nitrogens with zero attached hydrogens (tertiary/aromatic N) is 1. The molecule has 4 nitrogen and oxygen atoms in total. The van der Waals surface area contributed by atoms with Crippen LogP contribution < -0.4 is 10.5 Å². The molecule has 1 heterocycles. The van der Waals surface area contributed by atoms with Crippen LogP contribution in [0.1, 0.15) is 31.5 Å². The van der Waals surface area contributed by atoms with E-state index >= 15 is 0 Å². The van der Waals surface area contributed by atoms with E-state index in [-0.39, 0.29) is 0 Å².